The van der Waals surface area contributed by atoms with E-state index in [0.717, 1.165) is 37.1 Å². The van der Waals surface area contributed by atoms with Gasteiger partial charge in [0.2, 0.25) is 20.0 Å². The van der Waals surface area contributed by atoms with Crippen molar-refractivity contribution >= 4 is 48.7 Å². The van der Waals surface area contributed by atoms with Crippen LogP contribution in [0.25, 0.3) is 0 Å². The molecular formula is C29H40N4O6S2. The number of sulfonamides is 2. The summed E-state index contributed by atoms with van der Waals surface area (Å²) in [6.45, 7) is 8.36. The lowest BCUT2D eigenvalue weighted by Crippen LogP contribution is -2.42. The summed E-state index contributed by atoms with van der Waals surface area (Å²) in [6.07, 6.45) is 5.12. The van der Waals surface area contributed by atoms with Crippen LogP contribution in [0.5, 0.6) is 0 Å². The smallest absolute Gasteiger partial charge is 0.257 e. The van der Waals surface area contributed by atoms with Crippen LogP contribution in [0.1, 0.15) is 67.9 Å². The van der Waals surface area contributed by atoms with Crippen LogP contribution < -0.4 is 19.2 Å². The molecule has 1 amide bonds. The molecule has 0 aromatic heterocycles. The number of carbonyl (C=O) groups excluding carboxylic acids is 1. The summed E-state index contributed by atoms with van der Waals surface area (Å²) in [5.74, 6) is -0.782. The Morgan fingerprint density at radius 2 is 1.61 bits per heavy atom. The number of aryl methyl sites for hydroxylation is 1. The summed E-state index contributed by atoms with van der Waals surface area (Å²) in [7, 11) is -7.35. The van der Waals surface area contributed by atoms with E-state index in [1.807, 2.05) is 13.0 Å². The van der Waals surface area contributed by atoms with Crippen molar-refractivity contribution in [1.29, 1.82) is 0 Å². The van der Waals surface area contributed by atoms with E-state index < -0.39 is 37.2 Å². The Morgan fingerprint density at radius 3 is 2.22 bits per heavy atom. The molecule has 3 aliphatic rings. The van der Waals surface area contributed by atoms with E-state index in [1.165, 1.54) is 17.1 Å². The van der Waals surface area contributed by atoms with Crippen LogP contribution in [0.3, 0.4) is 0 Å². The molecule has 3 N–H and O–H groups in total. The summed E-state index contributed by atoms with van der Waals surface area (Å²) in [4.78, 5) is 15.9. The molecule has 2 fully saturated rings. The Labute approximate surface area is 243 Å². The lowest BCUT2D eigenvalue weighted by atomic mass is 9.93. The van der Waals surface area contributed by atoms with Crippen molar-refractivity contribution in [3.63, 3.8) is 0 Å². The van der Waals surface area contributed by atoms with Crippen LogP contribution in [0.2, 0.25) is 0 Å². The number of aliphatic hydroxyl groups excluding tert-OH is 1. The normalized spacial score (nSPS) is 18.4. The van der Waals surface area contributed by atoms with Gasteiger partial charge in [0.05, 0.1) is 39.7 Å². The van der Waals surface area contributed by atoms with Gasteiger partial charge in [-0.1, -0.05) is 0 Å². The molecule has 1 saturated heterocycles. The maximum atomic E-state index is 13.7. The van der Waals surface area contributed by atoms with Gasteiger partial charge in [-0.05, 0) is 107 Å². The summed E-state index contributed by atoms with van der Waals surface area (Å²) < 4.78 is 54.2. The number of nitrogens with zero attached hydrogens (tertiary/aromatic N) is 2. The highest BCUT2D eigenvalue weighted by molar-refractivity contribution is 7.94. The van der Waals surface area contributed by atoms with Gasteiger partial charge in [-0.25, -0.2) is 16.8 Å². The number of rotatable bonds is 8. The first-order chi connectivity index (χ1) is 19.1. The van der Waals surface area contributed by atoms with Gasteiger partial charge in [-0.3, -0.25) is 13.8 Å². The number of nitrogens with one attached hydrogen (secondary N) is 2. The average molecular weight is 605 g/mol. The zero-order chi connectivity index (χ0) is 29.8. The van der Waals surface area contributed by atoms with E-state index in [-0.39, 0.29) is 5.91 Å². The second kappa shape index (κ2) is 10.5. The molecule has 0 radical (unpaired) electrons. The van der Waals surface area contributed by atoms with Crippen molar-refractivity contribution in [2.24, 2.45) is 5.41 Å². The molecule has 1 saturated carbocycles. The van der Waals surface area contributed by atoms with Crippen molar-refractivity contribution in [3.8, 4) is 0 Å². The number of hydrogen-bond acceptors (Lipinski definition) is 7. The second-order valence-corrected chi connectivity index (χ2v) is 17.0. The van der Waals surface area contributed by atoms with E-state index >= 15 is 0 Å². The van der Waals surface area contributed by atoms with Gasteiger partial charge in [0.25, 0.3) is 5.91 Å². The van der Waals surface area contributed by atoms with Crippen molar-refractivity contribution in [1.82, 2.24) is 0 Å². The van der Waals surface area contributed by atoms with Gasteiger partial charge in [-0.15, -0.1) is 0 Å². The summed E-state index contributed by atoms with van der Waals surface area (Å²) in [5.41, 5.74) is 4.73. The Kier molecular flexibility index (Phi) is 7.57. The molecule has 5 rings (SSSR count). The molecule has 0 atom stereocenters. The van der Waals surface area contributed by atoms with Crippen LogP contribution in [-0.4, -0.2) is 64.6 Å². The minimum Gasteiger partial charge on any atom is -0.395 e. The zero-order valence-electron chi connectivity index (χ0n) is 24.2. The first-order valence-corrected chi connectivity index (χ1v) is 17.2. The molecule has 0 bridgehead atoms. The Morgan fingerprint density at radius 1 is 0.951 bits per heavy atom. The molecule has 2 aliphatic heterocycles. The molecule has 224 valence electrons. The highest BCUT2D eigenvalue weighted by Crippen LogP contribution is 2.54. The number of aliphatic hydroxyl groups is 1. The van der Waals surface area contributed by atoms with Crippen LogP contribution >= 0.6 is 0 Å². The number of anilines is 4. The summed E-state index contributed by atoms with van der Waals surface area (Å²) in [5, 5.41) is 12.1. The highest BCUT2D eigenvalue weighted by Gasteiger charge is 2.45. The number of benzene rings is 2. The Bertz CT molecular complexity index is 1570. The van der Waals surface area contributed by atoms with Gasteiger partial charge in [-0.2, -0.15) is 0 Å². The molecule has 0 unspecified atom stereocenters. The van der Waals surface area contributed by atoms with Crippen molar-refractivity contribution in [2.75, 3.05) is 51.2 Å². The van der Waals surface area contributed by atoms with E-state index in [4.69, 9.17) is 5.11 Å². The molecular weight excluding hydrogens is 564 g/mol. The maximum Gasteiger partial charge on any atom is 0.257 e. The van der Waals surface area contributed by atoms with E-state index in [2.05, 4.69) is 14.9 Å². The lowest BCUT2D eigenvalue weighted by molar-refractivity contribution is 0.102. The van der Waals surface area contributed by atoms with Gasteiger partial charge in [0, 0.05) is 25.3 Å². The fraction of sp³-hybridized carbons (Fsp3) is 0.552. The minimum atomic E-state index is -3.73. The third kappa shape index (κ3) is 5.91. The van der Waals surface area contributed by atoms with Crippen LogP contribution in [0, 0.1) is 12.3 Å². The topological polar surface area (TPSA) is 136 Å². The molecule has 12 heteroatoms. The lowest BCUT2D eigenvalue weighted by Gasteiger charge is -2.35. The summed E-state index contributed by atoms with van der Waals surface area (Å²) in [6, 6.07) is 8.43. The molecule has 2 aromatic carbocycles. The van der Waals surface area contributed by atoms with Crippen LogP contribution in [0.4, 0.5) is 22.7 Å². The highest BCUT2D eigenvalue weighted by atomic mass is 32.2. The van der Waals surface area contributed by atoms with E-state index in [0.29, 0.717) is 46.7 Å². The Balaban J connectivity index is 1.45. The van der Waals surface area contributed by atoms with Crippen molar-refractivity contribution < 1.29 is 26.7 Å². The number of amides is 1. The van der Waals surface area contributed by atoms with Gasteiger partial charge >= 0.3 is 0 Å². The predicted octanol–water partition coefficient (Wildman–Crippen LogP) is 3.85. The van der Waals surface area contributed by atoms with Gasteiger partial charge < -0.3 is 15.3 Å². The molecule has 10 nitrogen and oxygen atoms in total. The third-order valence-electron chi connectivity index (χ3n) is 8.60. The number of fused-ring (bicyclic) bond motifs is 1. The number of carbonyl (C=O) groups is 1. The zero-order valence-corrected chi connectivity index (χ0v) is 25.8. The van der Waals surface area contributed by atoms with Gasteiger partial charge in [0.15, 0.2) is 0 Å². The van der Waals surface area contributed by atoms with Crippen LogP contribution in [0.15, 0.2) is 30.3 Å². The quantitative estimate of drug-likeness (QED) is 0.416. The fourth-order valence-corrected chi connectivity index (χ4v) is 8.07. The predicted molar refractivity (Wildman–Crippen MR) is 163 cm³/mol. The van der Waals surface area contributed by atoms with E-state index in [1.54, 1.807) is 45.0 Å². The van der Waals surface area contributed by atoms with Crippen LogP contribution in [-0.2, 0) is 26.5 Å². The molecule has 1 spiro atoms. The van der Waals surface area contributed by atoms with E-state index in [9.17, 15) is 21.6 Å². The van der Waals surface area contributed by atoms with Crippen molar-refractivity contribution in [3.05, 3.63) is 47.0 Å². The standard InChI is InChI=1S/C29H40N4O6S2/c1-20-17-22(19-26-23(20)7-12-33(26)41(38,39)28(2,3)4)30-27(35)24-6-5-21(31-40(36,37)16-15-34)18-25(24)32-13-10-29(8-9-29)11-14-32/h5-6,17-19,31,34H,7-16H2,1-4H3,(H,30,35). The maximum absolute atomic E-state index is 13.7. The molecule has 41 heavy (non-hydrogen) atoms. The fourth-order valence-electron chi connectivity index (χ4n) is 5.83. The monoisotopic (exact) mass is 604 g/mol. The second-order valence-electron chi connectivity index (χ2n) is 12.5. The third-order valence-corrected chi connectivity index (χ3v) is 12.4. The Hall–Kier alpha value is -2.83. The van der Waals surface area contributed by atoms with Gasteiger partial charge in [0.1, 0.15) is 0 Å². The molecule has 1 aliphatic carbocycles. The van der Waals surface area contributed by atoms with Crippen molar-refractivity contribution in [2.45, 2.75) is 64.5 Å². The first-order valence-electron chi connectivity index (χ1n) is 14.1. The molecule has 2 aromatic rings. The molecule has 2 heterocycles. The first kappa shape index (κ1) is 29.7. The minimum absolute atomic E-state index is 0.327. The average Bonchev–Trinajstić information content (AvgIpc) is 3.47. The SMILES string of the molecule is Cc1cc(NC(=O)c2ccc(NS(=O)(=O)CCO)cc2N2CCC3(CC2)CC3)cc2c1CCN2S(=O)(=O)C(C)(C)C. The largest absolute Gasteiger partial charge is 0.395 e. The summed E-state index contributed by atoms with van der Waals surface area (Å²) >= 11 is 0. The number of hydrogen-bond donors (Lipinski definition) is 3. The number of piperidine rings is 1.